The zero-order chi connectivity index (χ0) is 49.5. The van der Waals surface area contributed by atoms with Crippen LogP contribution in [-0.4, -0.2) is 23.3 Å². The highest BCUT2D eigenvalue weighted by Crippen LogP contribution is 2.50. The summed E-state index contributed by atoms with van der Waals surface area (Å²) in [6.45, 7) is 0. The van der Waals surface area contributed by atoms with E-state index < -0.39 is 0 Å². The summed E-state index contributed by atoms with van der Waals surface area (Å²) in [6, 6.07) is 80.9. The van der Waals surface area contributed by atoms with Crippen molar-refractivity contribution in [2.24, 2.45) is 0 Å². The Morgan fingerprint density at radius 1 is 0.333 bits per heavy atom. The van der Waals surface area contributed by atoms with Gasteiger partial charge in [0.05, 0.1) is 78.0 Å². The third kappa shape index (κ3) is 5.49. The molecule has 0 N–H and O–H groups in total. The average molecular weight is 956 g/mol. The van der Waals surface area contributed by atoms with Crippen molar-refractivity contribution in [3.8, 4) is 46.1 Å². The van der Waals surface area contributed by atoms with E-state index in [1.807, 2.05) is 79.0 Å². The summed E-state index contributed by atoms with van der Waals surface area (Å²) in [5, 5.41) is 35.4. The third-order valence-electron chi connectivity index (χ3n) is 15.5. The monoisotopic (exact) mass is 955 g/mol. The fourth-order valence-electron chi connectivity index (χ4n) is 12.5. The number of fused-ring (bicyclic) bond motifs is 16. The summed E-state index contributed by atoms with van der Waals surface area (Å²) >= 11 is 0. The number of rotatable bonds is 5. The van der Waals surface area contributed by atoms with E-state index in [2.05, 4.69) is 176 Å². The first kappa shape index (κ1) is 41.0. The van der Waals surface area contributed by atoms with Gasteiger partial charge in [0.2, 0.25) is 0 Å². The summed E-state index contributed by atoms with van der Waals surface area (Å²) in [4.78, 5) is 4.84. The highest BCUT2D eigenvalue weighted by molar-refractivity contribution is 6.25. The van der Waals surface area contributed by atoms with Crippen LogP contribution in [0.4, 0.5) is 0 Å². The summed E-state index contributed by atoms with van der Waals surface area (Å²) in [7, 11) is 0. The molecule has 0 amide bonds. The third-order valence-corrected chi connectivity index (χ3v) is 15.5. The molecule has 75 heavy (non-hydrogen) atoms. The van der Waals surface area contributed by atoms with Gasteiger partial charge in [0.15, 0.2) is 0 Å². The van der Waals surface area contributed by atoms with E-state index in [1.54, 1.807) is 0 Å². The van der Waals surface area contributed by atoms with Crippen molar-refractivity contribution >= 4 is 109 Å². The van der Waals surface area contributed by atoms with E-state index in [4.69, 9.17) is 9.40 Å². The predicted octanol–water partition coefficient (Wildman–Crippen LogP) is 16.8. The molecule has 346 valence electrons. The Bertz CT molecular complexity index is 5060. The fraction of sp³-hybridized carbons (Fsp3) is 0. The normalized spacial score (nSPS) is 12.0. The van der Waals surface area contributed by atoms with Gasteiger partial charge in [-0.05, 0) is 72.8 Å². The van der Waals surface area contributed by atoms with E-state index >= 15 is 0 Å². The number of hydrogen-bond acceptors (Lipinski definition) is 4. The van der Waals surface area contributed by atoms with E-state index in [0.717, 1.165) is 120 Å². The number of pyridine rings is 1. The molecule has 8 nitrogen and oxygen atoms in total. The predicted molar refractivity (Wildman–Crippen MR) is 304 cm³/mol. The van der Waals surface area contributed by atoms with Gasteiger partial charge in [0.25, 0.3) is 0 Å². The second-order valence-electron chi connectivity index (χ2n) is 19.2. The number of hydrogen-bond donors (Lipinski definition) is 0. The fourth-order valence-corrected chi connectivity index (χ4v) is 12.5. The molecule has 0 saturated carbocycles. The lowest BCUT2D eigenvalue weighted by molar-refractivity contribution is 0.673. The van der Waals surface area contributed by atoms with Gasteiger partial charge in [0, 0.05) is 60.2 Å². The smallest absolute Gasteiger partial charge is 0.145 e. The van der Waals surface area contributed by atoms with Crippen molar-refractivity contribution in [3.63, 3.8) is 0 Å². The van der Waals surface area contributed by atoms with Gasteiger partial charge < -0.3 is 22.7 Å². The van der Waals surface area contributed by atoms with Gasteiger partial charge in [-0.2, -0.15) is 10.5 Å². The van der Waals surface area contributed by atoms with Crippen LogP contribution in [0.1, 0.15) is 11.1 Å². The lowest BCUT2D eigenvalue weighted by atomic mass is 9.98. The van der Waals surface area contributed by atoms with E-state index in [0.29, 0.717) is 33.9 Å². The largest absolute Gasteiger partial charge is 0.455 e. The molecule has 0 fully saturated rings. The van der Waals surface area contributed by atoms with Crippen molar-refractivity contribution < 1.29 is 4.42 Å². The van der Waals surface area contributed by atoms with Crippen LogP contribution in [0.2, 0.25) is 0 Å². The molecule has 0 aliphatic heterocycles. The van der Waals surface area contributed by atoms with Crippen molar-refractivity contribution in [1.82, 2.24) is 23.3 Å². The van der Waals surface area contributed by atoms with Crippen LogP contribution in [0.15, 0.2) is 229 Å². The lowest BCUT2D eigenvalue weighted by Gasteiger charge is -2.27. The number of nitriles is 2. The molecule has 10 aromatic carbocycles. The van der Waals surface area contributed by atoms with Crippen LogP contribution in [0.3, 0.4) is 0 Å². The first-order chi connectivity index (χ1) is 37.2. The van der Waals surface area contributed by atoms with Crippen LogP contribution < -0.4 is 0 Å². The summed E-state index contributed by atoms with van der Waals surface area (Å²) < 4.78 is 15.8. The molecule has 6 aromatic heterocycles. The lowest BCUT2D eigenvalue weighted by Crippen LogP contribution is -2.16. The Labute approximate surface area is 427 Å². The molecule has 0 atom stereocenters. The second kappa shape index (κ2) is 15.4. The van der Waals surface area contributed by atoms with E-state index in [1.165, 1.54) is 0 Å². The molecule has 0 saturated heterocycles. The number of para-hydroxylation sites is 7. The Hall–Kier alpha value is -10.7. The van der Waals surface area contributed by atoms with Crippen LogP contribution in [0, 0.1) is 22.7 Å². The van der Waals surface area contributed by atoms with Gasteiger partial charge in [-0.3, -0.25) is 4.98 Å². The quantitative estimate of drug-likeness (QED) is 0.172. The Kier molecular flexibility index (Phi) is 8.43. The van der Waals surface area contributed by atoms with Crippen LogP contribution in [0.5, 0.6) is 0 Å². The maximum absolute atomic E-state index is 12.7. The zero-order valence-electron chi connectivity index (χ0n) is 39.9. The highest BCUT2D eigenvalue weighted by atomic mass is 16.3. The van der Waals surface area contributed by atoms with Crippen LogP contribution in [-0.2, 0) is 0 Å². The van der Waals surface area contributed by atoms with Crippen LogP contribution >= 0.6 is 0 Å². The molecule has 0 unspecified atom stereocenters. The molecule has 0 spiro atoms. The van der Waals surface area contributed by atoms with Crippen LogP contribution in [0.25, 0.3) is 143 Å². The highest BCUT2D eigenvalue weighted by Gasteiger charge is 2.35. The van der Waals surface area contributed by atoms with E-state index in [-0.39, 0.29) is 0 Å². The molecule has 16 rings (SSSR count). The first-order valence-electron chi connectivity index (χ1n) is 25.0. The average Bonchev–Trinajstić information content (AvgIpc) is 4.29. The second-order valence-corrected chi connectivity index (χ2v) is 19.2. The Balaban J connectivity index is 1.22. The molecular formula is C67H37N7O. The molecule has 0 radical (unpaired) electrons. The van der Waals surface area contributed by atoms with Crippen molar-refractivity contribution in [2.75, 3.05) is 0 Å². The topological polar surface area (TPSA) is 93.3 Å². The van der Waals surface area contributed by atoms with E-state index in [9.17, 15) is 10.5 Å². The number of furan rings is 1. The van der Waals surface area contributed by atoms with Crippen molar-refractivity contribution in [3.05, 3.63) is 236 Å². The molecule has 0 aliphatic carbocycles. The summed E-state index contributed by atoms with van der Waals surface area (Å²) in [5.74, 6) is 0. The van der Waals surface area contributed by atoms with Gasteiger partial charge >= 0.3 is 0 Å². The molecular weight excluding hydrogens is 919 g/mol. The molecule has 0 bridgehead atoms. The van der Waals surface area contributed by atoms with Crippen molar-refractivity contribution in [1.29, 1.82) is 10.5 Å². The summed E-state index contributed by atoms with van der Waals surface area (Å²) in [6.07, 6.45) is 1.81. The minimum atomic E-state index is 0.376. The number of nitrogens with zero attached hydrogens (tertiary/aromatic N) is 7. The number of aromatic nitrogens is 5. The summed E-state index contributed by atoms with van der Waals surface area (Å²) in [5.41, 5.74) is 13.3. The molecule has 16 aromatic rings. The van der Waals surface area contributed by atoms with Gasteiger partial charge in [-0.15, -0.1) is 0 Å². The van der Waals surface area contributed by atoms with Crippen molar-refractivity contribution in [2.45, 2.75) is 0 Å². The zero-order valence-corrected chi connectivity index (χ0v) is 39.9. The Morgan fingerprint density at radius 3 is 1.15 bits per heavy atom. The van der Waals surface area contributed by atoms with Gasteiger partial charge in [-0.1, -0.05) is 146 Å². The minimum absolute atomic E-state index is 0.376. The SMILES string of the molecule is N#Cc1c(-n2c3ccccc3c3ccccc32)c(-n2c3ccccc3c3ccccc32)c(C#N)c(-n2c3cc(-c4ccccn4)ccc3c3c4oc5ccccc5c4ccc32)c1-n1c2ccccc2c2ccccc21. The standard InChI is InChI=1S/C67H37N7O/c68-38-50-63(71-53-25-8-1-17-41(53)42-18-2-9-26-54(42)71)64(72-55-27-10-3-19-43(55)44-20-4-11-28-56(44)72)51(39-69)66(65(50)73-57-29-12-5-21-45(57)46-22-6-13-30-58(46)73)74-59-35-34-48-47-23-7-14-31-61(47)75-67(48)62(59)49-33-32-40(37-60(49)74)52-24-15-16-36-70-52/h1-37H. The maximum atomic E-state index is 12.7. The molecule has 6 heterocycles. The van der Waals surface area contributed by atoms with Gasteiger partial charge in [-0.25, -0.2) is 0 Å². The number of benzene rings is 10. The molecule has 8 heteroatoms. The maximum Gasteiger partial charge on any atom is 0.145 e. The van der Waals surface area contributed by atoms with Gasteiger partial charge in [0.1, 0.15) is 34.4 Å². The Morgan fingerprint density at radius 2 is 0.720 bits per heavy atom. The first-order valence-corrected chi connectivity index (χ1v) is 25.0. The molecule has 0 aliphatic rings. The minimum Gasteiger partial charge on any atom is -0.455 e.